The minimum atomic E-state index is -0.293. The molecule has 0 bridgehead atoms. The summed E-state index contributed by atoms with van der Waals surface area (Å²) in [6.07, 6.45) is 4.84. The standard InChI is InChI=1S/C23H36N4O3/c1-3-14-26(15-4-2)22(29)13-7-12-21(28)25-19-10-6-5-9-18(19)17-27-16-8-11-20(27)23(24)30/h5-6,9-10,20H,3-4,7-8,11-17H2,1-2H3,(H2,24,30)(H,25,28). The molecule has 2 rings (SSSR count). The van der Waals surface area contributed by atoms with Gasteiger partial charge in [-0.1, -0.05) is 32.0 Å². The molecule has 1 fully saturated rings. The van der Waals surface area contributed by atoms with Gasteiger partial charge in [-0.15, -0.1) is 0 Å². The number of nitrogens with two attached hydrogens (primary N) is 1. The monoisotopic (exact) mass is 416 g/mol. The maximum atomic E-state index is 12.5. The van der Waals surface area contributed by atoms with Crippen molar-refractivity contribution < 1.29 is 14.4 Å². The summed E-state index contributed by atoms with van der Waals surface area (Å²) >= 11 is 0. The molecule has 1 aliphatic rings. The Balaban J connectivity index is 1.87. The number of benzene rings is 1. The Morgan fingerprint density at radius 1 is 1.13 bits per heavy atom. The summed E-state index contributed by atoms with van der Waals surface area (Å²) in [7, 11) is 0. The summed E-state index contributed by atoms with van der Waals surface area (Å²) in [6.45, 7) is 7.07. The van der Waals surface area contributed by atoms with E-state index in [0.717, 1.165) is 56.6 Å². The van der Waals surface area contributed by atoms with Crippen molar-refractivity contribution in [2.24, 2.45) is 5.73 Å². The second-order valence-electron chi connectivity index (χ2n) is 7.97. The van der Waals surface area contributed by atoms with Gasteiger partial charge in [-0.05, 0) is 50.3 Å². The molecular weight excluding hydrogens is 380 g/mol. The Morgan fingerprint density at radius 3 is 2.50 bits per heavy atom. The van der Waals surface area contributed by atoms with Gasteiger partial charge in [0.2, 0.25) is 17.7 Å². The molecule has 3 N–H and O–H groups in total. The van der Waals surface area contributed by atoms with Crippen molar-refractivity contribution in [1.82, 2.24) is 9.80 Å². The van der Waals surface area contributed by atoms with Crippen molar-refractivity contribution in [2.45, 2.75) is 71.4 Å². The molecule has 1 saturated heterocycles. The molecule has 1 atom stereocenters. The van der Waals surface area contributed by atoms with Crippen LogP contribution < -0.4 is 11.1 Å². The zero-order valence-corrected chi connectivity index (χ0v) is 18.4. The first kappa shape index (κ1) is 23.9. The van der Waals surface area contributed by atoms with Gasteiger partial charge in [-0.25, -0.2) is 0 Å². The van der Waals surface area contributed by atoms with Crippen molar-refractivity contribution in [3.63, 3.8) is 0 Å². The molecule has 1 aromatic rings. The van der Waals surface area contributed by atoms with E-state index in [1.165, 1.54) is 0 Å². The number of likely N-dealkylation sites (tertiary alicyclic amines) is 1. The van der Waals surface area contributed by atoms with E-state index in [1.807, 2.05) is 29.2 Å². The molecule has 3 amide bonds. The maximum Gasteiger partial charge on any atom is 0.234 e. The van der Waals surface area contributed by atoms with Crippen molar-refractivity contribution in [2.75, 3.05) is 25.0 Å². The average Bonchev–Trinajstić information content (AvgIpc) is 3.18. The Labute approximate surface area is 180 Å². The van der Waals surface area contributed by atoms with E-state index < -0.39 is 0 Å². The van der Waals surface area contributed by atoms with Crippen LogP contribution in [-0.2, 0) is 20.9 Å². The number of carbonyl (C=O) groups excluding carboxylic acids is 3. The highest BCUT2D eigenvalue weighted by molar-refractivity contribution is 5.91. The number of hydrogen-bond acceptors (Lipinski definition) is 4. The van der Waals surface area contributed by atoms with Gasteiger partial charge >= 0.3 is 0 Å². The largest absolute Gasteiger partial charge is 0.368 e. The fourth-order valence-corrected chi connectivity index (χ4v) is 4.01. The Hall–Kier alpha value is -2.41. The predicted molar refractivity (Wildman–Crippen MR) is 119 cm³/mol. The Bertz CT molecular complexity index is 716. The van der Waals surface area contributed by atoms with E-state index in [-0.39, 0.29) is 23.8 Å². The quantitative estimate of drug-likeness (QED) is 0.548. The van der Waals surface area contributed by atoms with Crippen molar-refractivity contribution in [3.05, 3.63) is 29.8 Å². The minimum Gasteiger partial charge on any atom is -0.368 e. The minimum absolute atomic E-state index is 0.0966. The lowest BCUT2D eigenvalue weighted by Crippen LogP contribution is -2.39. The highest BCUT2D eigenvalue weighted by Gasteiger charge is 2.29. The van der Waals surface area contributed by atoms with E-state index in [0.29, 0.717) is 25.8 Å². The zero-order valence-electron chi connectivity index (χ0n) is 18.4. The average molecular weight is 417 g/mol. The molecule has 1 aromatic carbocycles. The Morgan fingerprint density at radius 2 is 1.83 bits per heavy atom. The van der Waals surface area contributed by atoms with Crippen LogP contribution in [-0.4, -0.2) is 53.2 Å². The topological polar surface area (TPSA) is 95.7 Å². The molecule has 0 spiro atoms. The molecular formula is C23H36N4O3. The number of amides is 3. The van der Waals surface area contributed by atoms with Crippen LogP contribution in [0.15, 0.2) is 24.3 Å². The molecule has 0 saturated carbocycles. The third-order valence-corrected chi connectivity index (χ3v) is 5.49. The highest BCUT2D eigenvalue weighted by Crippen LogP contribution is 2.24. The zero-order chi connectivity index (χ0) is 21.9. The summed E-state index contributed by atoms with van der Waals surface area (Å²) in [6, 6.07) is 7.40. The van der Waals surface area contributed by atoms with Crippen LogP contribution in [0, 0.1) is 0 Å². The molecule has 7 nitrogen and oxygen atoms in total. The van der Waals surface area contributed by atoms with E-state index in [1.54, 1.807) is 0 Å². The van der Waals surface area contributed by atoms with E-state index in [4.69, 9.17) is 5.73 Å². The first-order valence-electron chi connectivity index (χ1n) is 11.1. The predicted octanol–water partition coefficient (Wildman–Crippen LogP) is 2.89. The summed E-state index contributed by atoms with van der Waals surface area (Å²) < 4.78 is 0. The molecule has 7 heteroatoms. The van der Waals surface area contributed by atoms with Crippen molar-refractivity contribution >= 4 is 23.4 Å². The normalized spacial score (nSPS) is 16.4. The number of hydrogen-bond donors (Lipinski definition) is 2. The SMILES string of the molecule is CCCN(CCC)C(=O)CCCC(=O)Nc1ccccc1CN1CCCC1C(N)=O. The third kappa shape index (κ3) is 7.13. The van der Waals surface area contributed by atoms with Gasteiger partial charge in [-0.2, -0.15) is 0 Å². The van der Waals surface area contributed by atoms with Gasteiger partial charge in [0.05, 0.1) is 6.04 Å². The van der Waals surface area contributed by atoms with Gasteiger partial charge < -0.3 is 16.0 Å². The lowest BCUT2D eigenvalue weighted by molar-refractivity contribution is -0.131. The molecule has 166 valence electrons. The number of anilines is 1. The van der Waals surface area contributed by atoms with Gasteiger partial charge in [0, 0.05) is 38.2 Å². The molecule has 0 aromatic heterocycles. The number of nitrogens with one attached hydrogen (secondary N) is 1. The number of primary amides is 1. The lowest BCUT2D eigenvalue weighted by Gasteiger charge is -2.23. The summed E-state index contributed by atoms with van der Waals surface area (Å²) in [5.74, 6) is -0.266. The molecule has 30 heavy (non-hydrogen) atoms. The molecule has 0 aliphatic carbocycles. The van der Waals surface area contributed by atoms with E-state index in [9.17, 15) is 14.4 Å². The third-order valence-electron chi connectivity index (χ3n) is 5.49. The van der Waals surface area contributed by atoms with Gasteiger partial charge in [0.15, 0.2) is 0 Å². The lowest BCUT2D eigenvalue weighted by atomic mass is 10.1. The second-order valence-corrected chi connectivity index (χ2v) is 7.97. The molecule has 1 aliphatic heterocycles. The summed E-state index contributed by atoms with van der Waals surface area (Å²) in [5, 5.41) is 2.98. The first-order valence-corrected chi connectivity index (χ1v) is 11.1. The first-order chi connectivity index (χ1) is 14.5. The number of nitrogens with zero attached hydrogens (tertiary/aromatic N) is 2. The van der Waals surface area contributed by atoms with Crippen LogP contribution in [0.3, 0.4) is 0 Å². The fourth-order valence-electron chi connectivity index (χ4n) is 4.01. The van der Waals surface area contributed by atoms with Gasteiger partial charge in [0.1, 0.15) is 0 Å². The van der Waals surface area contributed by atoms with E-state index in [2.05, 4.69) is 24.1 Å². The van der Waals surface area contributed by atoms with E-state index >= 15 is 0 Å². The van der Waals surface area contributed by atoms with Crippen LogP contribution in [0.1, 0.15) is 64.4 Å². The van der Waals surface area contributed by atoms with Crippen LogP contribution in [0.4, 0.5) is 5.69 Å². The number of carbonyl (C=O) groups is 3. The van der Waals surface area contributed by atoms with Crippen molar-refractivity contribution in [1.29, 1.82) is 0 Å². The van der Waals surface area contributed by atoms with Crippen LogP contribution in [0.2, 0.25) is 0 Å². The second kappa shape index (κ2) is 12.3. The molecule has 0 radical (unpaired) electrons. The Kier molecular flexibility index (Phi) is 9.80. The molecule has 1 unspecified atom stereocenters. The van der Waals surface area contributed by atoms with Crippen LogP contribution in [0.5, 0.6) is 0 Å². The smallest absolute Gasteiger partial charge is 0.234 e. The summed E-state index contributed by atoms with van der Waals surface area (Å²) in [5.41, 5.74) is 7.23. The number of rotatable bonds is 12. The van der Waals surface area contributed by atoms with Gasteiger partial charge in [-0.3, -0.25) is 19.3 Å². The fraction of sp³-hybridized carbons (Fsp3) is 0.609. The molecule has 1 heterocycles. The van der Waals surface area contributed by atoms with Crippen LogP contribution >= 0.6 is 0 Å². The van der Waals surface area contributed by atoms with Gasteiger partial charge in [0.25, 0.3) is 0 Å². The highest BCUT2D eigenvalue weighted by atomic mass is 16.2. The summed E-state index contributed by atoms with van der Waals surface area (Å²) in [4.78, 5) is 40.4. The number of para-hydroxylation sites is 1. The van der Waals surface area contributed by atoms with Crippen molar-refractivity contribution in [3.8, 4) is 0 Å². The van der Waals surface area contributed by atoms with Crippen LogP contribution in [0.25, 0.3) is 0 Å². The maximum absolute atomic E-state index is 12.5.